The van der Waals surface area contributed by atoms with Gasteiger partial charge in [-0.05, 0) is 50.8 Å². The minimum atomic E-state index is 0.154. The molecule has 0 aromatic carbocycles. The first-order chi connectivity index (χ1) is 8.54. The van der Waals surface area contributed by atoms with E-state index in [1.165, 1.54) is 16.9 Å². The third kappa shape index (κ3) is 2.45. The van der Waals surface area contributed by atoms with Crippen LogP contribution in [0.2, 0.25) is 0 Å². The molecular formula is C14H22N2OS. The van der Waals surface area contributed by atoms with Crippen LogP contribution in [0, 0.1) is 19.8 Å². The van der Waals surface area contributed by atoms with E-state index in [0.717, 1.165) is 17.7 Å². The number of hydrogen-bond donors (Lipinski definition) is 1. The number of nitrogens with zero attached hydrogens (tertiary/aromatic N) is 1. The van der Waals surface area contributed by atoms with E-state index in [4.69, 9.17) is 5.73 Å². The number of carbonyl (C=O) groups is 1. The van der Waals surface area contributed by atoms with Crippen molar-refractivity contribution in [2.45, 2.75) is 39.2 Å². The van der Waals surface area contributed by atoms with E-state index in [1.54, 1.807) is 11.3 Å². The van der Waals surface area contributed by atoms with Crippen molar-refractivity contribution in [3.63, 3.8) is 0 Å². The molecule has 1 aromatic rings. The fourth-order valence-electron chi connectivity index (χ4n) is 2.81. The van der Waals surface area contributed by atoms with E-state index < -0.39 is 0 Å². The number of rotatable bonds is 3. The summed E-state index contributed by atoms with van der Waals surface area (Å²) in [7, 11) is 1.92. The van der Waals surface area contributed by atoms with Gasteiger partial charge >= 0.3 is 0 Å². The molecule has 1 aromatic heterocycles. The smallest absolute Gasteiger partial charge is 0.263 e. The Morgan fingerprint density at radius 1 is 1.50 bits per heavy atom. The van der Waals surface area contributed by atoms with Gasteiger partial charge in [-0.25, -0.2) is 0 Å². The topological polar surface area (TPSA) is 46.3 Å². The second-order valence-electron chi connectivity index (χ2n) is 5.26. The molecule has 2 unspecified atom stereocenters. The first kappa shape index (κ1) is 13.6. The number of carbonyl (C=O) groups excluding carboxylic acids is 1. The van der Waals surface area contributed by atoms with Crippen molar-refractivity contribution < 1.29 is 4.79 Å². The highest BCUT2D eigenvalue weighted by Gasteiger charge is 2.32. The van der Waals surface area contributed by atoms with Crippen LogP contribution in [0.25, 0.3) is 0 Å². The fourth-order valence-corrected chi connectivity index (χ4v) is 3.82. The van der Waals surface area contributed by atoms with Crippen molar-refractivity contribution in [2.75, 3.05) is 13.6 Å². The molecule has 0 aliphatic heterocycles. The first-order valence-electron chi connectivity index (χ1n) is 6.59. The summed E-state index contributed by atoms with van der Waals surface area (Å²) in [4.78, 5) is 16.5. The van der Waals surface area contributed by atoms with E-state index in [1.807, 2.05) is 18.0 Å². The minimum Gasteiger partial charge on any atom is -0.338 e. The molecule has 1 aliphatic rings. The Morgan fingerprint density at radius 3 is 2.78 bits per heavy atom. The van der Waals surface area contributed by atoms with Gasteiger partial charge in [-0.1, -0.05) is 6.42 Å². The average molecular weight is 266 g/mol. The van der Waals surface area contributed by atoms with Gasteiger partial charge in [0, 0.05) is 18.0 Å². The molecule has 2 rings (SSSR count). The lowest BCUT2D eigenvalue weighted by atomic mass is 10.0. The van der Waals surface area contributed by atoms with E-state index in [0.29, 0.717) is 18.5 Å². The Hall–Kier alpha value is -0.870. The lowest BCUT2D eigenvalue weighted by Gasteiger charge is -2.28. The van der Waals surface area contributed by atoms with E-state index in [2.05, 4.69) is 13.8 Å². The third-order valence-corrected chi connectivity index (χ3v) is 5.26. The summed E-state index contributed by atoms with van der Waals surface area (Å²) in [5.74, 6) is 0.627. The molecule has 0 bridgehead atoms. The molecule has 1 amide bonds. The van der Waals surface area contributed by atoms with Crippen molar-refractivity contribution >= 4 is 17.2 Å². The number of nitrogens with two attached hydrogens (primary N) is 1. The molecule has 4 heteroatoms. The standard InChI is InChI=1S/C14H22N2OS/c1-9-7-13(18-10(9)2)14(17)16(3)12-6-4-5-11(12)8-15/h7,11-12H,4-6,8,15H2,1-3H3. The van der Waals surface area contributed by atoms with Crippen molar-refractivity contribution in [3.05, 3.63) is 21.4 Å². The maximum Gasteiger partial charge on any atom is 0.263 e. The zero-order valence-electron chi connectivity index (χ0n) is 11.4. The van der Waals surface area contributed by atoms with Crippen LogP contribution in [0.3, 0.4) is 0 Å². The normalized spacial score (nSPS) is 23.3. The quantitative estimate of drug-likeness (QED) is 0.914. The highest BCUT2D eigenvalue weighted by molar-refractivity contribution is 7.14. The summed E-state index contributed by atoms with van der Waals surface area (Å²) in [5.41, 5.74) is 7.00. The predicted molar refractivity (Wildman–Crippen MR) is 76.1 cm³/mol. The zero-order valence-corrected chi connectivity index (χ0v) is 12.2. The summed E-state index contributed by atoms with van der Waals surface area (Å²) in [5, 5.41) is 0. The Bertz CT molecular complexity index is 422. The van der Waals surface area contributed by atoms with E-state index in [-0.39, 0.29) is 5.91 Å². The largest absolute Gasteiger partial charge is 0.338 e. The second kappa shape index (κ2) is 5.41. The van der Waals surface area contributed by atoms with Crippen LogP contribution < -0.4 is 5.73 Å². The zero-order chi connectivity index (χ0) is 13.3. The van der Waals surface area contributed by atoms with Crippen LogP contribution in [-0.2, 0) is 0 Å². The van der Waals surface area contributed by atoms with Gasteiger partial charge in [0.25, 0.3) is 5.91 Å². The van der Waals surface area contributed by atoms with Crippen molar-refractivity contribution in [1.29, 1.82) is 0 Å². The fraction of sp³-hybridized carbons (Fsp3) is 0.643. The van der Waals surface area contributed by atoms with Crippen LogP contribution in [0.15, 0.2) is 6.07 Å². The Labute approximate surface area is 113 Å². The molecule has 1 saturated carbocycles. The number of hydrogen-bond acceptors (Lipinski definition) is 3. The first-order valence-corrected chi connectivity index (χ1v) is 7.40. The van der Waals surface area contributed by atoms with Crippen molar-refractivity contribution in [1.82, 2.24) is 4.90 Å². The number of aryl methyl sites for hydroxylation is 2. The highest BCUT2D eigenvalue weighted by atomic mass is 32.1. The Kier molecular flexibility index (Phi) is 4.07. The Morgan fingerprint density at radius 2 is 2.22 bits per heavy atom. The van der Waals surface area contributed by atoms with Crippen molar-refractivity contribution in [3.8, 4) is 0 Å². The monoisotopic (exact) mass is 266 g/mol. The summed E-state index contributed by atoms with van der Waals surface area (Å²) in [6, 6.07) is 2.33. The van der Waals surface area contributed by atoms with Gasteiger partial charge in [0.2, 0.25) is 0 Å². The van der Waals surface area contributed by atoms with Gasteiger partial charge in [0.15, 0.2) is 0 Å². The summed E-state index contributed by atoms with van der Waals surface area (Å²) >= 11 is 1.60. The Balaban J connectivity index is 2.13. The highest BCUT2D eigenvalue weighted by Crippen LogP contribution is 2.30. The second-order valence-corrected chi connectivity index (χ2v) is 6.52. The number of amides is 1. The van der Waals surface area contributed by atoms with Crippen LogP contribution in [0.1, 0.15) is 39.4 Å². The molecular weight excluding hydrogens is 244 g/mol. The molecule has 1 fully saturated rings. The molecule has 0 radical (unpaired) electrons. The SMILES string of the molecule is Cc1cc(C(=O)N(C)C2CCCC2CN)sc1C. The van der Waals surface area contributed by atoms with Gasteiger partial charge in [-0.15, -0.1) is 11.3 Å². The molecule has 1 heterocycles. The van der Waals surface area contributed by atoms with Gasteiger partial charge < -0.3 is 10.6 Å². The lowest BCUT2D eigenvalue weighted by Crippen LogP contribution is -2.41. The molecule has 2 atom stereocenters. The molecule has 0 spiro atoms. The maximum atomic E-state index is 12.5. The van der Waals surface area contributed by atoms with Gasteiger partial charge in [0.1, 0.15) is 0 Å². The summed E-state index contributed by atoms with van der Waals surface area (Å²) < 4.78 is 0. The van der Waals surface area contributed by atoms with Crippen LogP contribution in [-0.4, -0.2) is 30.4 Å². The molecule has 2 N–H and O–H groups in total. The molecule has 1 aliphatic carbocycles. The predicted octanol–water partition coefficient (Wildman–Crippen LogP) is 2.56. The van der Waals surface area contributed by atoms with E-state index in [9.17, 15) is 4.79 Å². The molecule has 18 heavy (non-hydrogen) atoms. The molecule has 100 valence electrons. The van der Waals surface area contributed by atoms with Crippen LogP contribution >= 0.6 is 11.3 Å². The average Bonchev–Trinajstić information content (AvgIpc) is 2.95. The van der Waals surface area contributed by atoms with Gasteiger partial charge in [-0.3, -0.25) is 4.79 Å². The van der Waals surface area contributed by atoms with Crippen molar-refractivity contribution in [2.24, 2.45) is 11.7 Å². The van der Waals surface area contributed by atoms with Gasteiger partial charge in [0.05, 0.1) is 4.88 Å². The third-order valence-electron chi connectivity index (χ3n) is 4.12. The summed E-state index contributed by atoms with van der Waals surface area (Å²) in [6.45, 7) is 4.81. The van der Waals surface area contributed by atoms with Crippen LogP contribution in [0.4, 0.5) is 0 Å². The maximum absolute atomic E-state index is 12.5. The lowest BCUT2D eigenvalue weighted by molar-refractivity contribution is 0.0705. The minimum absolute atomic E-state index is 0.154. The van der Waals surface area contributed by atoms with Gasteiger partial charge in [-0.2, -0.15) is 0 Å². The molecule has 3 nitrogen and oxygen atoms in total. The number of thiophene rings is 1. The van der Waals surface area contributed by atoms with Crippen LogP contribution in [0.5, 0.6) is 0 Å². The summed E-state index contributed by atoms with van der Waals surface area (Å²) in [6.07, 6.45) is 3.43. The molecule has 0 saturated heterocycles. The van der Waals surface area contributed by atoms with E-state index >= 15 is 0 Å².